The molecule has 2 fully saturated rings. The summed E-state index contributed by atoms with van der Waals surface area (Å²) in [6.45, 7) is 4.13. The van der Waals surface area contributed by atoms with Crippen molar-refractivity contribution in [3.05, 3.63) is 41.8 Å². The van der Waals surface area contributed by atoms with Crippen molar-refractivity contribution in [2.45, 2.75) is 44.8 Å². The Bertz CT molecular complexity index is 1400. The molecule has 0 radical (unpaired) electrons. The number of rotatable bonds is 12. The molecule has 2 aliphatic rings. The third kappa shape index (κ3) is 9.67. The van der Waals surface area contributed by atoms with Gasteiger partial charge in [0, 0.05) is 58.0 Å². The van der Waals surface area contributed by atoms with Gasteiger partial charge in [0.05, 0.1) is 18.9 Å². The van der Waals surface area contributed by atoms with Crippen LogP contribution in [0.5, 0.6) is 0 Å². The van der Waals surface area contributed by atoms with Crippen molar-refractivity contribution < 1.29 is 42.6 Å². The number of nitrogens with one attached hydrogen (secondary N) is 1. The van der Waals surface area contributed by atoms with E-state index in [4.69, 9.17) is 9.47 Å². The Hall–Kier alpha value is -3.65. The van der Waals surface area contributed by atoms with Crippen LogP contribution in [0.3, 0.4) is 0 Å². The van der Waals surface area contributed by atoms with Crippen molar-refractivity contribution in [1.82, 2.24) is 25.1 Å². The summed E-state index contributed by atoms with van der Waals surface area (Å²) >= 11 is 0. The van der Waals surface area contributed by atoms with Gasteiger partial charge in [0.25, 0.3) is 5.91 Å². The molecule has 0 aliphatic carbocycles. The lowest BCUT2D eigenvalue weighted by Gasteiger charge is -2.36. The number of nitrogens with zero attached hydrogens (tertiary/aromatic N) is 5. The Morgan fingerprint density at radius 1 is 1.11 bits per heavy atom. The van der Waals surface area contributed by atoms with E-state index >= 15 is 0 Å². The molecule has 45 heavy (non-hydrogen) atoms. The number of unbranched alkanes of at least 4 members (excludes halogenated alkanes) is 1. The van der Waals surface area contributed by atoms with E-state index in [-0.39, 0.29) is 50.2 Å². The minimum atomic E-state index is -4.51. The van der Waals surface area contributed by atoms with E-state index < -0.39 is 43.5 Å². The maximum absolute atomic E-state index is 14.1. The maximum Gasteiger partial charge on any atom is 0.409 e. The fourth-order valence-corrected chi connectivity index (χ4v) is 5.70. The number of anilines is 1. The number of hydrogen-bond donors (Lipinski definition) is 3. The van der Waals surface area contributed by atoms with Crippen LogP contribution in [0.4, 0.5) is 15.0 Å². The summed E-state index contributed by atoms with van der Waals surface area (Å²) in [7, 11) is -2.90. The first-order valence-electron chi connectivity index (χ1n) is 15.0. The lowest BCUT2D eigenvalue weighted by atomic mass is 10.1. The summed E-state index contributed by atoms with van der Waals surface area (Å²) in [6, 6.07) is 5.80. The van der Waals surface area contributed by atoms with Crippen molar-refractivity contribution in [1.29, 1.82) is 0 Å². The second kappa shape index (κ2) is 15.6. The van der Waals surface area contributed by atoms with E-state index in [1.54, 1.807) is 13.2 Å². The monoisotopic (exact) mass is 650 g/mol. The number of carbonyl (C=O) groups is 3. The number of ether oxygens (including phenoxy) is 2. The average Bonchev–Trinajstić information content (AvgIpc) is 3.52. The Balaban J connectivity index is 1.54. The molecule has 2 saturated heterocycles. The first kappa shape index (κ1) is 34.2. The molecule has 3 heterocycles. The van der Waals surface area contributed by atoms with E-state index in [0.717, 1.165) is 19.3 Å². The van der Waals surface area contributed by atoms with Gasteiger partial charge in [0.2, 0.25) is 5.91 Å². The Kier molecular flexibility index (Phi) is 11.8. The van der Waals surface area contributed by atoms with Gasteiger partial charge < -0.3 is 39.3 Å². The van der Waals surface area contributed by atoms with Crippen LogP contribution in [0, 0.1) is 5.82 Å². The maximum atomic E-state index is 14.1. The number of carbonyl (C=O) groups excluding carboxylic acids is 3. The van der Waals surface area contributed by atoms with Crippen LogP contribution in [0.1, 0.15) is 43.1 Å². The van der Waals surface area contributed by atoms with Gasteiger partial charge >= 0.3 is 13.7 Å². The Morgan fingerprint density at radius 3 is 2.49 bits per heavy atom. The molecule has 2 unspecified atom stereocenters. The van der Waals surface area contributed by atoms with Gasteiger partial charge in [-0.15, -0.1) is 0 Å². The largest absolute Gasteiger partial charge is 0.449 e. The Labute approximate surface area is 261 Å². The lowest BCUT2D eigenvalue weighted by molar-refractivity contribution is -0.134. The molecule has 3 N–H and O–H groups in total. The summed E-state index contributed by atoms with van der Waals surface area (Å²) in [5.41, 5.74) is 0.238. The van der Waals surface area contributed by atoms with Crippen LogP contribution in [0.15, 0.2) is 30.3 Å². The Morgan fingerprint density at radius 2 is 1.84 bits per heavy atom. The highest BCUT2D eigenvalue weighted by Crippen LogP contribution is 2.35. The number of benzene rings is 1. The third-order valence-electron chi connectivity index (χ3n) is 7.72. The summed E-state index contributed by atoms with van der Waals surface area (Å²) in [5, 5.41) is 2.61. The summed E-state index contributed by atoms with van der Waals surface area (Å²) in [4.78, 5) is 72.3. The molecule has 14 nitrogen and oxygen atoms in total. The fraction of sp³-hybridized carbons (Fsp3) is 0.552. The van der Waals surface area contributed by atoms with Gasteiger partial charge in [0.15, 0.2) is 5.82 Å². The summed E-state index contributed by atoms with van der Waals surface area (Å²) < 4.78 is 36.5. The van der Waals surface area contributed by atoms with Gasteiger partial charge in [-0.2, -0.15) is 0 Å². The van der Waals surface area contributed by atoms with E-state index in [2.05, 4.69) is 15.3 Å². The number of piperazine rings is 1. The molecule has 2 atom stereocenters. The normalized spacial score (nSPS) is 17.7. The van der Waals surface area contributed by atoms with Crippen molar-refractivity contribution in [2.75, 3.05) is 64.0 Å². The van der Waals surface area contributed by atoms with Crippen LogP contribution in [0.2, 0.25) is 0 Å². The number of halogens is 1. The molecular weight excluding hydrogens is 610 g/mol. The van der Waals surface area contributed by atoms with E-state index in [9.17, 15) is 33.1 Å². The molecule has 2 aliphatic heterocycles. The quantitative estimate of drug-likeness (QED) is 0.227. The predicted molar refractivity (Wildman–Crippen MR) is 162 cm³/mol. The highest BCUT2D eigenvalue weighted by atomic mass is 31.2. The highest BCUT2D eigenvalue weighted by molar-refractivity contribution is 7.51. The van der Waals surface area contributed by atoms with Crippen molar-refractivity contribution in [2.24, 2.45) is 0 Å². The van der Waals surface area contributed by atoms with E-state index in [1.807, 2.05) is 11.8 Å². The number of methoxy groups -OCH3 is 1. The first-order valence-corrected chi connectivity index (χ1v) is 16.8. The minimum absolute atomic E-state index is 0.0387. The molecule has 0 saturated carbocycles. The number of amides is 3. The predicted octanol–water partition coefficient (Wildman–Crippen LogP) is 2.25. The molecule has 4 rings (SSSR count). The molecular formula is C29H40FN6O8P. The van der Waals surface area contributed by atoms with Gasteiger partial charge in [-0.3, -0.25) is 14.2 Å². The smallest absolute Gasteiger partial charge is 0.409 e. The molecule has 1 aromatic carbocycles. The number of hydrogen-bond acceptors (Lipinski definition) is 9. The zero-order chi connectivity index (χ0) is 32.6. The van der Waals surface area contributed by atoms with E-state index in [1.165, 1.54) is 34.1 Å². The standard InChI is InChI=1S/C29H40FN6O8P/c1-3-4-15-44-29(39)35-13-11-34(12-14-35)28(38)23(9-16-45(40,41)42)32-27(37)24-18-25(36-10-8-22(19-36)43-2)33-26(31-24)20-6-5-7-21(30)17-20/h5-7,17-18,22-23H,3-4,8-16,19H2,1-2H3,(H,32,37)(H2,40,41,42). The van der Waals surface area contributed by atoms with Gasteiger partial charge in [-0.1, -0.05) is 25.5 Å². The second-order valence-corrected chi connectivity index (χ2v) is 12.8. The second-order valence-electron chi connectivity index (χ2n) is 11.0. The lowest BCUT2D eigenvalue weighted by Crippen LogP contribution is -2.56. The van der Waals surface area contributed by atoms with Crippen LogP contribution >= 0.6 is 7.60 Å². The zero-order valence-electron chi connectivity index (χ0n) is 25.4. The molecule has 3 amide bonds. The topological polar surface area (TPSA) is 175 Å². The highest BCUT2D eigenvalue weighted by Gasteiger charge is 2.33. The van der Waals surface area contributed by atoms with Crippen molar-refractivity contribution in [3.63, 3.8) is 0 Å². The van der Waals surface area contributed by atoms with Crippen molar-refractivity contribution >= 4 is 31.3 Å². The molecule has 2 aromatic rings. The summed E-state index contributed by atoms with van der Waals surface area (Å²) in [6.07, 6.45) is 0.891. The third-order valence-corrected chi connectivity index (χ3v) is 8.56. The molecule has 246 valence electrons. The van der Waals surface area contributed by atoms with Crippen molar-refractivity contribution in [3.8, 4) is 11.4 Å². The molecule has 16 heteroatoms. The van der Waals surface area contributed by atoms with Gasteiger partial charge in [-0.25, -0.2) is 19.2 Å². The van der Waals surface area contributed by atoms with Gasteiger partial charge in [-0.05, 0) is 31.4 Å². The average molecular weight is 651 g/mol. The first-order chi connectivity index (χ1) is 21.5. The SMILES string of the molecule is CCCCOC(=O)N1CCN(C(=O)C(CCP(=O)(O)O)NC(=O)c2cc(N3CCC(OC)C3)nc(-c3cccc(F)c3)n2)CC1. The zero-order valence-corrected chi connectivity index (χ0v) is 26.3. The molecule has 0 bridgehead atoms. The van der Waals surface area contributed by atoms with E-state index in [0.29, 0.717) is 31.1 Å². The fourth-order valence-electron chi connectivity index (χ4n) is 5.11. The van der Waals surface area contributed by atoms with Gasteiger partial charge in [0.1, 0.15) is 23.4 Å². The van der Waals surface area contributed by atoms with Crippen LogP contribution in [0.25, 0.3) is 11.4 Å². The van der Waals surface area contributed by atoms with Crippen LogP contribution in [-0.4, -0.2) is 119 Å². The molecule has 1 aromatic heterocycles. The van der Waals surface area contributed by atoms with Crippen LogP contribution < -0.4 is 10.2 Å². The number of aromatic nitrogens is 2. The van der Waals surface area contributed by atoms with Crippen LogP contribution in [-0.2, 0) is 18.8 Å². The summed E-state index contributed by atoms with van der Waals surface area (Å²) in [5.74, 6) is -1.31. The minimum Gasteiger partial charge on any atom is -0.449 e. The molecule has 0 spiro atoms.